The van der Waals surface area contributed by atoms with Gasteiger partial charge in [0.05, 0.1) is 31.0 Å². The minimum atomic E-state index is -0.798. The number of fused-ring (bicyclic) bond motifs is 2. The summed E-state index contributed by atoms with van der Waals surface area (Å²) >= 11 is 0. The largest absolute Gasteiger partial charge is 0.465 e. The molecule has 0 saturated heterocycles. The lowest BCUT2D eigenvalue weighted by Gasteiger charge is -2.29. The minimum Gasteiger partial charge on any atom is -0.465 e. The molecule has 0 atom stereocenters. The van der Waals surface area contributed by atoms with Gasteiger partial charge in [-0.25, -0.2) is 9.59 Å². The summed E-state index contributed by atoms with van der Waals surface area (Å²) < 4.78 is 9.79. The number of esters is 2. The molecule has 0 N–H and O–H groups in total. The standard InChI is InChI=1S/C25H19NO6/c1-14-11-12-17-19(23(28)16-9-5-4-8-15(16)22(17)27)20(14)26-13-7-6-10-18(24(29)31-2)21(26)25(30)32-3/h4-13H,1-3H3. The molecule has 0 bridgehead atoms. The first kappa shape index (κ1) is 21.0. The molecule has 2 aliphatic rings. The fourth-order valence-electron chi connectivity index (χ4n) is 3.92. The van der Waals surface area contributed by atoms with Crippen molar-refractivity contribution < 1.29 is 28.7 Å². The van der Waals surface area contributed by atoms with E-state index in [1.54, 1.807) is 61.7 Å². The number of allylic oxidation sites excluding steroid dienone is 2. The summed E-state index contributed by atoms with van der Waals surface area (Å²) in [6.07, 6.45) is 6.16. The maximum atomic E-state index is 13.5. The van der Waals surface area contributed by atoms with Gasteiger partial charge in [0.25, 0.3) is 0 Å². The fourth-order valence-corrected chi connectivity index (χ4v) is 3.92. The van der Waals surface area contributed by atoms with Crippen LogP contribution in [0.2, 0.25) is 0 Å². The van der Waals surface area contributed by atoms with E-state index >= 15 is 0 Å². The van der Waals surface area contributed by atoms with Crippen molar-refractivity contribution in [3.63, 3.8) is 0 Å². The van der Waals surface area contributed by atoms with E-state index in [4.69, 9.17) is 9.47 Å². The molecule has 0 amide bonds. The highest BCUT2D eigenvalue weighted by molar-refractivity contribution is 6.30. The number of nitrogens with zero attached hydrogens (tertiary/aromatic N) is 1. The van der Waals surface area contributed by atoms with Crippen LogP contribution in [0.1, 0.15) is 37.4 Å². The highest BCUT2D eigenvalue weighted by atomic mass is 16.5. The normalized spacial score (nSPS) is 14.7. The molecule has 1 heterocycles. The van der Waals surface area contributed by atoms with E-state index in [9.17, 15) is 19.2 Å². The van der Waals surface area contributed by atoms with Gasteiger partial charge in [0.15, 0.2) is 11.6 Å². The van der Waals surface area contributed by atoms with Crippen molar-refractivity contribution in [3.05, 3.63) is 99.9 Å². The van der Waals surface area contributed by atoms with Gasteiger partial charge in [0.1, 0.15) is 5.70 Å². The lowest BCUT2D eigenvalue weighted by atomic mass is 9.82. The summed E-state index contributed by atoms with van der Waals surface area (Å²) in [5, 5.41) is 0. The summed E-state index contributed by atoms with van der Waals surface area (Å²) in [5.74, 6) is -2.17. The van der Waals surface area contributed by atoms with Gasteiger partial charge >= 0.3 is 11.9 Å². The fraction of sp³-hybridized carbons (Fsp3) is 0.120. The van der Waals surface area contributed by atoms with Gasteiger partial charge in [-0.2, -0.15) is 0 Å². The van der Waals surface area contributed by atoms with Crippen LogP contribution in [0.5, 0.6) is 0 Å². The molecule has 0 unspecified atom stereocenters. The quantitative estimate of drug-likeness (QED) is 0.591. The topological polar surface area (TPSA) is 90.0 Å². The zero-order valence-corrected chi connectivity index (χ0v) is 17.7. The van der Waals surface area contributed by atoms with Crippen LogP contribution >= 0.6 is 0 Å². The van der Waals surface area contributed by atoms with Crippen molar-refractivity contribution in [2.45, 2.75) is 6.92 Å². The van der Waals surface area contributed by atoms with E-state index in [1.165, 1.54) is 25.2 Å². The van der Waals surface area contributed by atoms with Gasteiger partial charge in [-0.1, -0.05) is 36.4 Å². The Balaban J connectivity index is 2.04. The van der Waals surface area contributed by atoms with Crippen molar-refractivity contribution in [3.8, 4) is 0 Å². The number of carbonyl (C=O) groups excluding carboxylic acids is 4. The van der Waals surface area contributed by atoms with E-state index in [2.05, 4.69) is 0 Å². The third-order valence-electron chi connectivity index (χ3n) is 5.40. The number of benzene rings is 2. The van der Waals surface area contributed by atoms with E-state index in [-0.39, 0.29) is 39.5 Å². The van der Waals surface area contributed by atoms with Crippen LogP contribution in [0.25, 0.3) is 0 Å². The summed E-state index contributed by atoms with van der Waals surface area (Å²) in [5.41, 5.74) is 1.77. The molecule has 160 valence electrons. The number of aryl methyl sites for hydroxylation is 1. The van der Waals surface area contributed by atoms with Crippen LogP contribution in [0.15, 0.2) is 72.1 Å². The molecule has 0 saturated carbocycles. The molecule has 7 nitrogen and oxygen atoms in total. The summed E-state index contributed by atoms with van der Waals surface area (Å²) in [6.45, 7) is 1.76. The highest BCUT2D eigenvalue weighted by Gasteiger charge is 2.36. The van der Waals surface area contributed by atoms with Gasteiger partial charge < -0.3 is 14.4 Å². The van der Waals surface area contributed by atoms with Crippen LogP contribution in [0.4, 0.5) is 5.69 Å². The molecule has 0 aromatic heterocycles. The third-order valence-corrected chi connectivity index (χ3v) is 5.40. The predicted octanol–water partition coefficient (Wildman–Crippen LogP) is 3.26. The van der Waals surface area contributed by atoms with Crippen LogP contribution < -0.4 is 4.90 Å². The van der Waals surface area contributed by atoms with Crippen LogP contribution in [-0.4, -0.2) is 37.7 Å². The Labute approximate surface area is 184 Å². The van der Waals surface area contributed by atoms with E-state index in [0.29, 0.717) is 16.8 Å². The third kappa shape index (κ3) is 3.15. The number of carbonyl (C=O) groups is 4. The molecule has 0 fully saturated rings. The summed E-state index contributed by atoms with van der Waals surface area (Å²) in [6, 6.07) is 9.91. The Morgan fingerprint density at radius 3 is 2.12 bits per heavy atom. The van der Waals surface area contributed by atoms with Gasteiger partial charge in [-0.15, -0.1) is 0 Å². The number of hydrogen-bond acceptors (Lipinski definition) is 7. The summed E-state index contributed by atoms with van der Waals surface area (Å²) in [4.78, 5) is 53.4. The molecule has 4 rings (SSSR count). The highest BCUT2D eigenvalue weighted by Crippen LogP contribution is 2.39. The Hall–Kier alpha value is -4.26. The smallest absolute Gasteiger partial charge is 0.355 e. The van der Waals surface area contributed by atoms with Gasteiger partial charge in [0, 0.05) is 22.9 Å². The first-order valence-corrected chi connectivity index (χ1v) is 9.77. The summed E-state index contributed by atoms with van der Waals surface area (Å²) in [7, 11) is 2.40. The number of methoxy groups -OCH3 is 2. The van der Waals surface area contributed by atoms with Crippen LogP contribution in [0.3, 0.4) is 0 Å². The average molecular weight is 429 g/mol. The van der Waals surface area contributed by atoms with Crippen molar-refractivity contribution in [2.24, 2.45) is 0 Å². The maximum absolute atomic E-state index is 13.5. The van der Waals surface area contributed by atoms with E-state index in [1.807, 2.05) is 0 Å². The average Bonchev–Trinajstić information content (AvgIpc) is 3.04. The maximum Gasteiger partial charge on any atom is 0.355 e. The number of ketones is 2. The predicted molar refractivity (Wildman–Crippen MR) is 116 cm³/mol. The second-order valence-corrected chi connectivity index (χ2v) is 7.17. The number of anilines is 1. The zero-order valence-electron chi connectivity index (χ0n) is 17.7. The number of hydrogen-bond donors (Lipinski definition) is 0. The van der Waals surface area contributed by atoms with Crippen molar-refractivity contribution in [1.29, 1.82) is 0 Å². The molecular formula is C25H19NO6. The molecule has 0 spiro atoms. The zero-order chi connectivity index (χ0) is 23.0. The molecule has 0 radical (unpaired) electrons. The lowest BCUT2D eigenvalue weighted by Crippen LogP contribution is -2.31. The molecular weight excluding hydrogens is 410 g/mol. The first-order valence-electron chi connectivity index (χ1n) is 9.77. The molecule has 2 aromatic carbocycles. The van der Waals surface area contributed by atoms with Gasteiger partial charge in [-0.3, -0.25) is 9.59 Å². The Morgan fingerprint density at radius 2 is 1.47 bits per heavy atom. The van der Waals surface area contributed by atoms with Crippen molar-refractivity contribution >= 4 is 29.2 Å². The Bertz CT molecular complexity index is 1280. The minimum absolute atomic E-state index is 0.0451. The molecule has 1 aliphatic carbocycles. The van der Waals surface area contributed by atoms with Gasteiger partial charge in [0.2, 0.25) is 0 Å². The molecule has 1 aliphatic heterocycles. The second kappa shape index (κ2) is 8.11. The van der Waals surface area contributed by atoms with Gasteiger partial charge in [-0.05, 0) is 30.7 Å². The van der Waals surface area contributed by atoms with Crippen LogP contribution in [0, 0.1) is 6.92 Å². The first-order chi connectivity index (χ1) is 15.4. The van der Waals surface area contributed by atoms with Crippen molar-refractivity contribution in [2.75, 3.05) is 19.1 Å². The van der Waals surface area contributed by atoms with Crippen molar-refractivity contribution in [1.82, 2.24) is 0 Å². The van der Waals surface area contributed by atoms with E-state index in [0.717, 1.165) is 0 Å². The SMILES string of the molecule is COC(=O)C1=C(C(=O)OC)N(c2c(C)ccc3c2C(=O)c2ccccc2C3=O)C=CC=C1. The molecule has 7 heteroatoms. The molecule has 32 heavy (non-hydrogen) atoms. The molecule has 2 aromatic rings. The number of rotatable bonds is 3. The number of ether oxygens (including phenoxy) is 2. The van der Waals surface area contributed by atoms with E-state index < -0.39 is 11.9 Å². The lowest BCUT2D eigenvalue weighted by molar-refractivity contribution is -0.139. The van der Waals surface area contributed by atoms with Crippen LogP contribution in [-0.2, 0) is 19.1 Å². The monoisotopic (exact) mass is 429 g/mol. The Kier molecular flexibility index (Phi) is 5.32. The Morgan fingerprint density at radius 1 is 0.812 bits per heavy atom. The second-order valence-electron chi connectivity index (χ2n) is 7.17.